The monoisotopic (exact) mass is 1210 g/mol. The van der Waals surface area contributed by atoms with Crippen molar-refractivity contribution < 1.29 is 82.6 Å². The van der Waals surface area contributed by atoms with Crippen molar-refractivity contribution in [2.24, 2.45) is 29.2 Å². The number of hydrogen-bond acceptors (Lipinski definition) is 18. The molecule has 1 heterocycles. The zero-order valence-electron chi connectivity index (χ0n) is 49.3. The number of aliphatic hydroxyl groups is 4. The third kappa shape index (κ3) is 22.4. The lowest BCUT2D eigenvalue weighted by Gasteiger charge is -2.33. The molecule has 2 aromatic carbocycles. The highest BCUT2D eigenvalue weighted by Crippen LogP contribution is 2.23. The van der Waals surface area contributed by atoms with Gasteiger partial charge in [-0.25, -0.2) is 4.79 Å². The van der Waals surface area contributed by atoms with Crippen LogP contribution in [0.25, 0.3) is 0 Å². The Bertz CT molecular complexity index is 2670. The summed E-state index contributed by atoms with van der Waals surface area (Å²) in [6.07, 6.45) is -7.25. The van der Waals surface area contributed by atoms with Crippen molar-refractivity contribution in [3.63, 3.8) is 0 Å². The maximum Gasteiger partial charge on any atom is 0.408 e. The quantitative estimate of drug-likeness (QED) is 0.0357. The molecule has 1 unspecified atom stereocenters. The first-order valence-electron chi connectivity index (χ1n) is 27.9. The molecule has 0 spiro atoms. The normalized spacial score (nSPS) is 24.3. The van der Waals surface area contributed by atoms with Crippen LogP contribution in [-0.2, 0) is 59.3 Å². The Morgan fingerprint density at radius 3 is 1.79 bits per heavy atom. The number of nitrogens with one attached hydrogen (secondary N) is 12. The van der Waals surface area contributed by atoms with E-state index in [-0.39, 0.29) is 56.1 Å². The minimum Gasteiger partial charge on any atom is -0.497 e. The maximum absolute atomic E-state index is 15.1. The second-order valence-corrected chi connectivity index (χ2v) is 21.4. The molecular formula is C55H84N14O17. The molecule has 2 aromatic rings. The van der Waals surface area contributed by atoms with E-state index in [4.69, 9.17) is 26.4 Å². The molecule has 0 radical (unpaired) electrons. The number of methoxy groups -OCH3 is 1. The minimum atomic E-state index is -2.54. The summed E-state index contributed by atoms with van der Waals surface area (Å²) in [5, 5.41) is 77.8. The first-order chi connectivity index (χ1) is 40.5. The van der Waals surface area contributed by atoms with Gasteiger partial charge in [-0.15, -0.1) is 0 Å². The molecule has 0 bridgehead atoms. The summed E-state index contributed by atoms with van der Waals surface area (Å²) in [6.45, 7) is 8.12. The van der Waals surface area contributed by atoms with Gasteiger partial charge in [-0.2, -0.15) is 0 Å². The van der Waals surface area contributed by atoms with Crippen molar-refractivity contribution in [2.75, 3.05) is 26.8 Å². The predicted molar refractivity (Wildman–Crippen MR) is 307 cm³/mol. The fraction of sp³-hybridized carbons (Fsp3) is 0.564. The molecule has 31 heteroatoms. The molecule has 1 aliphatic heterocycles. The lowest BCUT2D eigenvalue weighted by atomic mass is 9.94. The second-order valence-electron chi connectivity index (χ2n) is 21.4. The number of rotatable bonds is 19. The highest BCUT2D eigenvalue weighted by Gasteiger charge is 2.42. The fourth-order valence-corrected chi connectivity index (χ4v) is 8.60. The van der Waals surface area contributed by atoms with Gasteiger partial charge in [0.25, 0.3) is 0 Å². The summed E-state index contributed by atoms with van der Waals surface area (Å²) < 4.78 is 10.8. The summed E-state index contributed by atoms with van der Waals surface area (Å²) in [5.41, 5.74) is 11.3. The second kappa shape index (κ2) is 34.9. The molecule has 0 aliphatic carbocycles. The summed E-state index contributed by atoms with van der Waals surface area (Å²) >= 11 is 0. The third-order valence-electron chi connectivity index (χ3n) is 13.7. The molecule has 0 aromatic heterocycles. The van der Waals surface area contributed by atoms with Crippen LogP contribution < -0.4 is 74.7 Å². The largest absolute Gasteiger partial charge is 0.497 e. The average molecular weight is 1210 g/mol. The van der Waals surface area contributed by atoms with Gasteiger partial charge < -0.3 is 99.9 Å². The number of primary amides is 1. The molecule has 1 aliphatic rings. The number of nitrogens with two attached hydrogens (primary N) is 2. The van der Waals surface area contributed by atoms with E-state index in [0.29, 0.717) is 5.56 Å². The number of guanidine groups is 1. The zero-order valence-corrected chi connectivity index (χ0v) is 49.3. The van der Waals surface area contributed by atoms with Gasteiger partial charge in [0.05, 0.1) is 38.5 Å². The number of benzene rings is 2. The third-order valence-corrected chi connectivity index (χ3v) is 13.7. The highest BCUT2D eigenvalue weighted by atomic mass is 16.5. The Morgan fingerprint density at radius 1 is 0.674 bits per heavy atom. The van der Waals surface area contributed by atoms with Gasteiger partial charge in [0.1, 0.15) is 60.7 Å². The van der Waals surface area contributed by atoms with Gasteiger partial charge in [0.2, 0.25) is 59.1 Å². The van der Waals surface area contributed by atoms with Crippen LogP contribution in [0.3, 0.4) is 0 Å². The lowest BCUT2D eigenvalue weighted by Crippen LogP contribution is -2.64. The minimum absolute atomic E-state index is 0.00397. The number of carbonyl (C=O) groups excluding carboxylic acids is 11. The van der Waals surface area contributed by atoms with E-state index in [0.717, 1.165) is 6.92 Å². The lowest BCUT2D eigenvalue weighted by molar-refractivity contribution is -0.140. The molecular weight excluding hydrogens is 1130 g/mol. The Hall–Kier alpha value is -8.68. The first kappa shape index (κ1) is 71.6. The van der Waals surface area contributed by atoms with Crippen molar-refractivity contribution in [1.82, 2.24) is 58.5 Å². The summed E-state index contributed by atoms with van der Waals surface area (Å²) in [4.78, 5) is 155. The summed E-state index contributed by atoms with van der Waals surface area (Å²) in [6, 6.07) is -2.87. The summed E-state index contributed by atoms with van der Waals surface area (Å²) in [5.74, 6) is -14.3. The van der Waals surface area contributed by atoms with Crippen molar-refractivity contribution in [3.8, 4) is 5.75 Å². The molecule has 13 atom stereocenters. The van der Waals surface area contributed by atoms with Gasteiger partial charge in [-0.1, -0.05) is 90.4 Å². The molecule has 1 saturated heterocycles. The van der Waals surface area contributed by atoms with Crippen molar-refractivity contribution in [2.45, 2.75) is 153 Å². The van der Waals surface area contributed by atoms with Crippen LogP contribution in [0.5, 0.6) is 5.75 Å². The Morgan fingerprint density at radius 2 is 1.23 bits per heavy atom. The Balaban J connectivity index is 2.36. The zero-order chi connectivity index (χ0) is 64.5. The van der Waals surface area contributed by atoms with Crippen LogP contribution in [0.4, 0.5) is 4.79 Å². The van der Waals surface area contributed by atoms with E-state index in [1.54, 1.807) is 58.0 Å². The maximum atomic E-state index is 15.1. The fourth-order valence-electron chi connectivity index (χ4n) is 8.60. The van der Waals surface area contributed by atoms with Crippen LogP contribution in [0.1, 0.15) is 91.3 Å². The topological polar surface area (TPSA) is 495 Å². The van der Waals surface area contributed by atoms with Crippen LogP contribution in [0, 0.1) is 23.2 Å². The predicted octanol–water partition coefficient (Wildman–Crippen LogP) is -4.74. The van der Waals surface area contributed by atoms with Gasteiger partial charge in [0, 0.05) is 6.54 Å². The number of hydrogen-bond donors (Lipinski definition) is 18. The van der Waals surface area contributed by atoms with Crippen LogP contribution in [0.15, 0.2) is 54.6 Å². The Kier molecular flexibility index (Phi) is 29.1. The van der Waals surface area contributed by atoms with Gasteiger partial charge in [-0.3, -0.25) is 53.4 Å². The average Bonchev–Trinajstić information content (AvgIpc) is 2.29. The van der Waals surface area contributed by atoms with Crippen LogP contribution in [-0.4, -0.2) is 185 Å². The highest BCUT2D eigenvalue weighted by molar-refractivity contribution is 6.00. The smallest absolute Gasteiger partial charge is 0.408 e. The standard InChI is InChI=1S/C55H84N14O17/c1-9-28(6)37-50(80)66-38(29(7)71)49(79)60-23-36(72)64-42(44(74)45(56)75)53(83)63-35(24-70)48(78)67-39(31-17-19-32(85-8)20-18-31)40(69-55(84)86-25-30-14-11-10-12-15-30)51(81)68-41(43(73)27(4)5)52(82)62-34(22-26(2)3)47(77)61-33(46(76)65-37)16-13-21-59-54(57)58/h10-12,14-15,17-20,26-29,33-35,37-44,70-71,73-74H,9,13,16,21-25H2,1-8H3,(H2,56,75)(H,60,79)(H,61,77)(H,62,82)(H,63,83)(H,64,72)(H,65,76)(H,66,80)(H,67,78)(H,68,81)(H,69,84)(H4,57,58,59)/t28-,29-,33+,34-,35-,37-,38-,39-,40+,41-,42?,43+,44-/m0/s1. The van der Waals surface area contributed by atoms with E-state index in [1.165, 1.54) is 45.2 Å². The Labute approximate surface area is 497 Å². The molecule has 86 heavy (non-hydrogen) atoms. The molecule has 1 fully saturated rings. The molecule has 20 N–H and O–H groups in total. The SMILES string of the molecule is CC[C@H](C)[C@@H]1NC(=O)[C@@H](CCCNC(=N)N)NC(=O)[C@H](CC(C)C)NC(=O)[C@H]([C@H](O)C(C)C)NC(=O)[C@H](NC(=O)OCc2ccccc2)[C@H](c2ccc(OC)cc2)NC(=O)[C@H](CO)NC(=O)C([C@H](O)C(N)=O)NC(=O)CNC(=O)[C@H]([C@H](C)O)NC1=O. The van der Waals surface area contributed by atoms with Crippen molar-refractivity contribution in [1.29, 1.82) is 5.41 Å². The molecule has 31 nitrogen and oxygen atoms in total. The molecule has 476 valence electrons. The molecule has 0 saturated carbocycles. The summed E-state index contributed by atoms with van der Waals surface area (Å²) in [7, 11) is 1.34. The van der Waals surface area contributed by atoms with Crippen molar-refractivity contribution in [3.05, 3.63) is 65.7 Å². The van der Waals surface area contributed by atoms with E-state index < -0.39 is 169 Å². The van der Waals surface area contributed by atoms with E-state index in [9.17, 15) is 68.4 Å². The van der Waals surface area contributed by atoms with Crippen molar-refractivity contribution >= 4 is 71.1 Å². The number of amides is 11. The first-order valence-corrected chi connectivity index (χ1v) is 27.9. The number of alkyl carbamates (subject to hydrolysis) is 1. The van der Waals surface area contributed by atoms with E-state index >= 15 is 4.79 Å². The number of aliphatic hydroxyl groups excluding tert-OH is 4. The van der Waals surface area contributed by atoms with Gasteiger partial charge >= 0.3 is 6.09 Å². The molecule has 3 rings (SSSR count). The van der Waals surface area contributed by atoms with Gasteiger partial charge in [0.15, 0.2) is 12.1 Å². The van der Waals surface area contributed by atoms with E-state index in [2.05, 4.69) is 53.2 Å². The molecule has 11 amide bonds. The van der Waals surface area contributed by atoms with Crippen LogP contribution in [0.2, 0.25) is 0 Å². The van der Waals surface area contributed by atoms with E-state index in [1.807, 2.05) is 5.32 Å². The number of ether oxygens (including phenoxy) is 2. The van der Waals surface area contributed by atoms with Crippen LogP contribution >= 0.6 is 0 Å². The number of carbonyl (C=O) groups is 11. The van der Waals surface area contributed by atoms with Gasteiger partial charge in [-0.05, 0) is 67.2 Å².